The van der Waals surface area contributed by atoms with Crippen LogP contribution in [0.3, 0.4) is 0 Å². The van der Waals surface area contributed by atoms with E-state index in [9.17, 15) is 0 Å². The second kappa shape index (κ2) is 8.35. The molecule has 0 amide bonds. The van der Waals surface area contributed by atoms with E-state index in [0.717, 1.165) is 27.7 Å². The van der Waals surface area contributed by atoms with Gasteiger partial charge in [0.15, 0.2) is 5.96 Å². The third kappa shape index (κ3) is 4.84. The van der Waals surface area contributed by atoms with Crippen LogP contribution in [-0.4, -0.2) is 23.0 Å². The van der Waals surface area contributed by atoms with Crippen molar-refractivity contribution in [3.63, 3.8) is 0 Å². The maximum absolute atomic E-state index is 6.00. The van der Waals surface area contributed by atoms with Crippen molar-refractivity contribution in [3.05, 3.63) is 77.2 Å². The van der Waals surface area contributed by atoms with Crippen molar-refractivity contribution >= 4 is 17.6 Å². The predicted octanol–water partition coefficient (Wildman–Crippen LogP) is 3.60. The molecule has 5 nitrogen and oxygen atoms in total. The summed E-state index contributed by atoms with van der Waals surface area (Å²) < 4.78 is 0. The maximum Gasteiger partial charge on any atom is 0.191 e. The summed E-state index contributed by atoms with van der Waals surface area (Å²) in [6.07, 6.45) is 1.84. The Bertz CT molecular complexity index is 842. The number of benzene rings is 2. The number of halogens is 1. The molecule has 2 aromatic carbocycles. The number of nitrogens with zero attached hydrogens (tertiary/aromatic N) is 2. The fourth-order valence-electron chi connectivity index (χ4n) is 2.44. The standard InChI is InChI=1S/C19H20ClN5/c1-21-19(23-11-14-6-5-9-16(20)10-14)24-13-18-22-12-17(25-18)15-7-3-2-4-8-15/h2-10,12H,11,13H2,1H3,(H,22,25)(H2,21,23,24). The first-order valence-corrected chi connectivity index (χ1v) is 8.40. The number of nitrogens with one attached hydrogen (secondary N) is 3. The Labute approximate surface area is 152 Å². The summed E-state index contributed by atoms with van der Waals surface area (Å²) in [6.45, 7) is 1.20. The van der Waals surface area contributed by atoms with Gasteiger partial charge in [-0.05, 0) is 23.3 Å². The number of rotatable bonds is 5. The molecule has 1 aromatic heterocycles. The number of aromatic nitrogens is 2. The van der Waals surface area contributed by atoms with Gasteiger partial charge >= 0.3 is 0 Å². The monoisotopic (exact) mass is 353 g/mol. The van der Waals surface area contributed by atoms with E-state index in [1.54, 1.807) is 7.05 Å². The van der Waals surface area contributed by atoms with Crippen LogP contribution in [0.5, 0.6) is 0 Å². The maximum atomic E-state index is 6.00. The number of hydrogen-bond donors (Lipinski definition) is 3. The quantitative estimate of drug-likeness (QED) is 0.485. The molecular weight excluding hydrogens is 334 g/mol. The lowest BCUT2D eigenvalue weighted by Crippen LogP contribution is -2.36. The summed E-state index contributed by atoms with van der Waals surface area (Å²) in [5, 5.41) is 7.24. The SMILES string of the molecule is CN=C(NCc1cccc(Cl)c1)NCc1ncc(-c2ccccc2)[nH]1. The van der Waals surface area contributed by atoms with Gasteiger partial charge in [-0.2, -0.15) is 0 Å². The number of guanidine groups is 1. The molecule has 25 heavy (non-hydrogen) atoms. The number of imidazole rings is 1. The van der Waals surface area contributed by atoms with Gasteiger partial charge in [0.2, 0.25) is 0 Å². The normalized spacial score (nSPS) is 11.4. The van der Waals surface area contributed by atoms with Gasteiger partial charge in [0.05, 0.1) is 18.4 Å². The lowest BCUT2D eigenvalue weighted by atomic mass is 10.2. The molecule has 3 rings (SSSR count). The van der Waals surface area contributed by atoms with Crippen molar-refractivity contribution in [3.8, 4) is 11.3 Å². The van der Waals surface area contributed by atoms with E-state index in [-0.39, 0.29) is 0 Å². The topological polar surface area (TPSA) is 65.1 Å². The number of H-pyrrole nitrogens is 1. The number of aromatic amines is 1. The van der Waals surface area contributed by atoms with Gasteiger partial charge in [-0.15, -0.1) is 0 Å². The van der Waals surface area contributed by atoms with Gasteiger partial charge in [-0.3, -0.25) is 4.99 Å². The summed E-state index contributed by atoms with van der Waals surface area (Å²) in [5.41, 5.74) is 3.21. The van der Waals surface area contributed by atoms with Gasteiger partial charge in [0.25, 0.3) is 0 Å². The summed E-state index contributed by atoms with van der Waals surface area (Å²) in [5.74, 6) is 1.56. The Morgan fingerprint density at radius 3 is 2.64 bits per heavy atom. The first kappa shape index (κ1) is 17.0. The molecule has 0 aliphatic heterocycles. The zero-order valence-electron chi connectivity index (χ0n) is 14.0. The fraction of sp³-hybridized carbons (Fsp3) is 0.158. The largest absolute Gasteiger partial charge is 0.352 e. The van der Waals surface area contributed by atoms with E-state index in [2.05, 4.69) is 37.7 Å². The third-order valence-electron chi connectivity index (χ3n) is 3.71. The summed E-state index contributed by atoms with van der Waals surface area (Å²) >= 11 is 6.00. The molecule has 6 heteroatoms. The molecule has 3 aromatic rings. The van der Waals surface area contributed by atoms with E-state index in [1.807, 2.05) is 48.7 Å². The van der Waals surface area contributed by atoms with Crippen LogP contribution in [0.1, 0.15) is 11.4 Å². The molecule has 0 fully saturated rings. The lowest BCUT2D eigenvalue weighted by Gasteiger charge is -2.11. The second-order valence-electron chi connectivity index (χ2n) is 5.52. The van der Waals surface area contributed by atoms with Gasteiger partial charge in [-0.1, -0.05) is 54.1 Å². The van der Waals surface area contributed by atoms with Crippen molar-refractivity contribution in [1.29, 1.82) is 0 Å². The number of hydrogen-bond acceptors (Lipinski definition) is 2. The highest BCUT2D eigenvalue weighted by Gasteiger charge is 2.04. The van der Waals surface area contributed by atoms with E-state index in [0.29, 0.717) is 19.0 Å². The average molecular weight is 354 g/mol. The Hall–Kier alpha value is -2.79. The molecule has 128 valence electrons. The average Bonchev–Trinajstić information content (AvgIpc) is 3.12. The molecule has 0 bridgehead atoms. The predicted molar refractivity (Wildman–Crippen MR) is 103 cm³/mol. The first-order valence-electron chi connectivity index (χ1n) is 8.03. The summed E-state index contributed by atoms with van der Waals surface area (Å²) in [4.78, 5) is 12.0. The van der Waals surface area contributed by atoms with Crippen LogP contribution < -0.4 is 10.6 Å². The molecule has 0 saturated carbocycles. The minimum atomic E-state index is 0.558. The molecule has 0 aliphatic rings. The zero-order valence-corrected chi connectivity index (χ0v) is 14.7. The van der Waals surface area contributed by atoms with E-state index in [4.69, 9.17) is 11.6 Å². The molecular formula is C19H20ClN5. The first-order chi connectivity index (χ1) is 12.2. The lowest BCUT2D eigenvalue weighted by molar-refractivity contribution is 0.782. The molecule has 0 unspecified atom stereocenters. The minimum absolute atomic E-state index is 0.558. The minimum Gasteiger partial charge on any atom is -0.352 e. The molecule has 0 atom stereocenters. The van der Waals surface area contributed by atoms with E-state index < -0.39 is 0 Å². The van der Waals surface area contributed by atoms with Crippen LogP contribution in [0.15, 0.2) is 65.8 Å². The van der Waals surface area contributed by atoms with Crippen LogP contribution in [-0.2, 0) is 13.1 Å². The van der Waals surface area contributed by atoms with Crippen molar-refractivity contribution in [2.75, 3.05) is 7.05 Å². The smallest absolute Gasteiger partial charge is 0.191 e. The fourth-order valence-corrected chi connectivity index (χ4v) is 2.65. The van der Waals surface area contributed by atoms with Gasteiger partial charge in [0.1, 0.15) is 5.82 Å². The Morgan fingerprint density at radius 1 is 1.08 bits per heavy atom. The molecule has 0 spiro atoms. The van der Waals surface area contributed by atoms with Gasteiger partial charge < -0.3 is 15.6 Å². The van der Waals surface area contributed by atoms with E-state index >= 15 is 0 Å². The Balaban J connectivity index is 1.54. The Kier molecular flexibility index (Phi) is 5.69. The van der Waals surface area contributed by atoms with E-state index in [1.165, 1.54) is 0 Å². The third-order valence-corrected chi connectivity index (χ3v) is 3.94. The highest BCUT2D eigenvalue weighted by molar-refractivity contribution is 6.30. The van der Waals surface area contributed by atoms with Crippen LogP contribution in [0.2, 0.25) is 5.02 Å². The van der Waals surface area contributed by atoms with Crippen LogP contribution in [0.4, 0.5) is 0 Å². The van der Waals surface area contributed by atoms with Crippen LogP contribution in [0, 0.1) is 0 Å². The Morgan fingerprint density at radius 2 is 1.88 bits per heavy atom. The van der Waals surface area contributed by atoms with Crippen molar-refractivity contribution < 1.29 is 0 Å². The molecule has 3 N–H and O–H groups in total. The highest BCUT2D eigenvalue weighted by atomic mass is 35.5. The molecule has 0 radical (unpaired) electrons. The van der Waals surface area contributed by atoms with Gasteiger partial charge in [0, 0.05) is 18.6 Å². The van der Waals surface area contributed by atoms with Gasteiger partial charge in [-0.25, -0.2) is 4.98 Å². The summed E-state index contributed by atoms with van der Waals surface area (Å²) in [6, 6.07) is 17.9. The highest BCUT2D eigenvalue weighted by Crippen LogP contribution is 2.15. The molecule has 0 aliphatic carbocycles. The van der Waals surface area contributed by atoms with Crippen molar-refractivity contribution in [2.45, 2.75) is 13.1 Å². The molecule has 0 saturated heterocycles. The van der Waals surface area contributed by atoms with Crippen LogP contribution >= 0.6 is 11.6 Å². The number of aliphatic imine (C=N–C) groups is 1. The zero-order chi connectivity index (χ0) is 17.5. The van der Waals surface area contributed by atoms with Crippen molar-refractivity contribution in [1.82, 2.24) is 20.6 Å². The molecule has 1 heterocycles. The van der Waals surface area contributed by atoms with Crippen LogP contribution in [0.25, 0.3) is 11.3 Å². The van der Waals surface area contributed by atoms with Crippen molar-refractivity contribution in [2.24, 2.45) is 4.99 Å². The summed E-state index contributed by atoms with van der Waals surface area (Å²) in [7, 11) is 1.74. The second-order valence-corrected chi connectivity index (χ2v) is 5.96.